The highest BCUT2D eigenvalue weighted by Gasteiger charge is 2.11. The zero-order valence-corrected chi connectivity index (χ0v) is 16.3. The van der Waals surface area contributed by atoms with Crippen LogP contribution in [-0.4, -0.2) is 28.1 Å². The Morgan fingerprint density at radius 2 is 1.71 bits per heavy atom. The summed E-state index contributed by atoms with van der Waals surface area (Å²) in [6.45, 7) is 6.50. The number of aromatic nitrogens is 2. The molecule has 144 valence electrons. The molecule has 2 N–H and O–H groups in total. The molecule has 0 saturated heterocycles. The summed E-state index contributed by atoms with van der Waals surface area (Å²) in [4.78, 5) is 24.5. The van der Waals surface area contributed by atoms with E-state index in [2.05, 4.69) is 15.7 Å². The van der Waals surface area contributed by atoms with Crippen molar-refractivity contribution in [1.82, 2.24) is 15.1 Å². The molecule has 0 spiro atoms. The highest BCUT2D eigenvalue weighted by atomic mass is 16.2. The summed E-state index contributed by atoms with van der Waals surface area (Å²) >= 11 is 0. The lowest BCUT2D eigenvalue weighted by Gasteiger charge is -2.13. The molecule has 0 radical (unpaired) electrons. The summed E-state index contributed by atoms with van der Waals surface area (Å²) in [5.41, 5.74) is 5.52. The molecule has 0 aliphatic carbocycles. The average molecular weight is 376 g/mol. The normalized spacial score (nSPS) is 10.5. The van der Waals surface area contributed by atoms with Gasteiger partial charge in [-0.05, 0) is 55.7 Å². The second kappa shape index (κ2) is 8.52. The summed E-state index contributed by atoms with van der Waals surface area (Å²) in [6.07, 6.45) is 3.61. The second-order valence-electron chi connectivity index (χ2n) is 6.91. The number of nitrogens with zero attached hydrogens (tertiary/aromatic N) is 2. The molecule has 0 bridgehead atoms. The third-order valence-corrected chi connectivity index (χ3v) is 4.47. The molecule has 3 aromatic rings. The van der Waals surface area contributed by atoms with Crippen LogP contribution in [0.4, 0.5) is 5.69 Å². The van der Waals surface area contributed by atoms with E-state index in [4.69, 9.17) is 0 Å². The van der Waals surface area contributed by atoms with Crippen molar-refractivity contribution >= 4 is 17.5 Å². The number of hydrogen-bond donors (Lipinski definition) is 2. The van der Waals surface area contributed by atoms with Crippen LogP contribution in [0.1, 0.15) is 32.6 Å². The largest absolute Gasteiger partial charge is 0.343 e. The molecule has 2 aromatic carbocycles. The molecule has 0 atom stereocenters. The Balaban J connectivity index is 1.54. The fraction of sp³-hybridized carbons (Fsp3) is 0.227. The van der Waals surface area contributed by atoms with Crippen LogP contribution in [0.25, 0.3) is 0 Å². The van der Waals surface area contributed by atoms with Crippen LogP contribution in [0.5, 0.6) is 0 Å². The standard InChI is InChI=1S/C22H24N4O2/c1-15-11-16(2)21(17(3)12-15)25-20(27)13-23-22(28)19-7-5-18(6-8-19)14-26-10-4-9-24-26/h4-12H,13-14H2,1-3H3,(H,23,28)(H,25,27). The van der Waals surface area contributed by atoms with Gasteiger partial charge in [-0.2, -0.15) is 5.10 Å². The molecule has 2 amide bonds. The molecule has 0 aliphatic rings. The Morgan fingerprint density at radius 1 is 1.04 bits per heavy atom. The van der Waals surface area contributed by atoms with Gasteiger partial charge < -0.3 is 10.6 Å². The molecular weight excluding hydrogens is 352 g/mol. The van der Waals surface area contributed by atoms with Crippen LogP contribution in [0.3, 0.4) is 0 Å². The summed E-state index contributed by atoms with van der Waals surface area (Å²) in [7, 11) is 0. The minimum atomic E-state index is -0.280. The Labute approximate surface area is 164 Å². The average Bonchev–Trinajstić information content (AvgIpc) is 3.16. The second-order valence-corrected chi connectivity index (χ2v) is 6.91. The van der Waals surface area contributed by atoms with E-state index in [9.17, 15) is 9.59 Å². The SMILES string of the molecule is Cc1cc(C)c(NC(=O)CNC(=O)c2ccc(Cn3cccn3)cc2)c(C)c1. The predicted octanol–water partition coefficient (Wildman–Crippen LogP) is 3.23. The molecule has 0 fully saturated rings. The zero-order chi connectivity index (χ0) is 20.1. The number of amides is 2. The third-order valence-electron chi connectivity index (χ3n) is 4.47. The van der Waals surface area contributed by atoms with Crippen LogP contribution in [0, 0.1) is 20.8 Å². The van der Waals surface area contributed by atoms with Crippen molar-refractivity contribution in [2.45, 2.75) is 27.3 Å². The minimum Gasteiger partial charge on any atom is -0.343 e. The molecular formula is C22H24N4O2. The van der Waals surface area contributed by atoms with Crippen LogP contribution < -0.4 is 10.6 Å². The van der Waals surface area contributed by atoms with Crippen LogP contribution in [0.2, 0.25) is 0 Å². The van der Waals surface area contributed by atoms with Crippen molar-refractivity contribution < 1.29 is 9.59 Å². The van der Waals surface area contributed by atoms with E-state index >= 15 is 0 Å². The highest BCUT2D eigenvalue weighted by Crippen LogP contribution is 2.21. The number of hydrogen-bond acceptors (Lipinski definition) is 3. The first-order valence-electron chi connectivity index (χ1n) is 9.14. The lowest BCUT2D eigenvalue weighted by Crippen LogP contribution is -2.33. The summed E-state index contributed by atoms with van der Waals surface area (Å²) in [5.74, 6) is -0.531. The van der Waals surface area contributed by atoms with E-state index in [0.717, 1.165) is 27.9 Å². The molecule has 3 rings (SSSR count). The van der Waals surface area contributed by atoms with Gasteiger partial charge in [0, 0.05) is 23.6 Å². The molecule has 28 heavy (non-hydrogen) atoms. The van der Waals surface area contributed by atoms with Crippen molar-refractivity contribution in [2.75, 3.05) is 11.9 Å². The highest BCUT2D eigenvalue weighted by molar-refractivity contribution is 5.99. The number of aryl methyl sites for hydroxylation is 3. The van der Waals surface area contributed by atoms with Gasteiger partial charge in [-0.1, -0.05) is 29.8 Å². The predicted molar refractivity (Wildman–Crippen MR) is 109 cm³/mol. The van der Waals surface area contributed by atoms with Crippen molar-refractivity contribution in [3.05, 3.63) is 82.7 Å². The molecule has 0 aliphatic heterocycles. The van der Waals surface area contributed by atoms with Gasteiger partial charge in [0.25, 0.3) is 5.91 Å². The number of nitrogens with one attached hydrogen (secondary N) is 2. The van der Waals surface area contributed by atoms with Gasteiger partial charge in [-0.15, -0.1) is 0 Å². The number of carbonyl (C=O) groups excluding carboxylic acids is 2. The van der Waals surface area contributed by atoms with Gasteiger partial charge in [-0.3, -0.25) is 14.3 Å². The number of rotatable bonds is 6. The van der Waals surface area contributed by atoms with Gasteiger partial charge in [0.05, 0.1) is 13.1 Å². The van der Waals surface area contributed by atoms with Gasteiger partial charge in [0.2, 0.25) is 5.91 Å². The molecule has 6 nitrogen and oxygen atoms in total. The lowest BCUT2D eigenvalue weighted by atomic mass is 10.1. The first-order valence-corrected chi connectivity index (χ1v) is 9.14. The molecule has 1 aromatic heterocycles. The molecule has 0 unspecified atom stereocenters. The van der Waals surface area contributed by atoms with E-state index in [0.29, 0.717) is 12.1 Å². The maximum absolute atomic E-state index is 12.3. The number of anilines is 1. The number of benzene rings is 2. The molecule has 6 heteroatoms. The molecule has 0 saturated carbocycles. The van der Waals surface area contributed by atoms with E-state index in [1.54, 1.807) is 18.3 Å². The first-order chi connectivity index (χ1) is 13.4. The van der Waals surface area contributed by atoms with Gasteiger partial charge in [-0.25, -0.2) is 0 Å². The Kier molecular flexibility index (Phi) is 5.89. The lowest BCUT2D eigenvalue weighted by molar-refractivity contribution is -0.115. The van der Waals surface area contributed by atoms with Crippen molar-refractivity contribution in [2.24, 2.45) is 0 Å². The van der Waals surface area contributed by atoms with Crippen molar-refractivity contribution in [1.29, 1.82) is 0 Å². The minimum absolute atomic E-state index is 0.0827. The maximum Gasteiger partial charge on any atom is 0.251 e. The summed E-state index contributed by atoms with van der Waals surface area (Å²) < 4.78 is 1.81. The van der Waals surface area contributed by atoms with Crippen LogP contribution >= 0.6 is 0 Å². The Morgan fingerprint density at radius 3 is 2.32 bits per heavy atom. The zero-order valence-electron chi connectivity index (χ0n) is 16.3. The van der Waals surface area contributed by atoms with Crippen LogP contribution in [-0.2, 0) is 11.3 Å². The fourth-order valence-corrected chi connectivity index (χ4v) is 3.17. The van der Waals surface area contributed by atoms with E-state index in [1.165, 1.54) is 0 Å². The van der Waals surface area contributed by atoms with E-state index in [-0.39, 0.29) is 18.4 Å². The monoisotopic (exact) mass is 376 g/mol. The van der Waals surface area contributed by atoms with E-state index in [1.807, 2.05) is 62.0 Å². The quantitative estimate of drug-likeness (QED) is 0.693. The maximum atomic E-state index is 12.3. The van der Waals surface area contributed by atoms with Crippen molar-refractivity contribution in [3.63, 3.8) is 0 Å². The van der Waals surface area contributed by atoms with Gasteiger partial charge in [0.15, 0.2) is 0 Å². The van der Waals surface area contributed by atoms with Crippen LogP contribution in [0.15, 0.2) is 54.9 Å². The smallest absolute Gasteiger partial charge is 0.251 e. The summed E-state index contributed by atoms with van der Waals surface area (Å²) in [5, 5.41) is 9.71. The fourth-order valence-electron chi connectivity index (χ4n) is 3.17. The molecule has 1 heterocycles. The van der Waals surface area contributed by atoms with Crippen molar-refractivity contribution in [3.8, 4) is 0 Å². The Hall–Kier alpha value is -3.41. The first kappa shape index (κ1) is 19.4. The van der Waals surface area contributed by atoms with E-state index < -0.39 is 0 Å². The number of carbonyl (C=O) groups is 2. The topological polar surface area (TPSA) is 76.0 Å². The third kappa shape index (κ3) is 4.85. The van der Waals surface area contributed by atoms with Gasteiger partial charge in [0.1, 0.15) is 0 Å². The Bertz CT molecular complexity index is 953. The summed E-state index contributed by atoms with van der Waals surface area (Å²) in [6, 6.07) is 13.2. The van der Waals surface area contributed by atoms with Gasteiger partial charge >= 0.3 is 0 Å².